The molecule has 0 unspecified atom stereocenters. The van der Waals surface area contributed by atoms with Crippen LogP contribution in [0.2, 0.25) is 0 Å². The fourth-order valence-electron chi connectivity index (χ4n) is 1.34. The largest absolute Gasteiger partial charge is 0.374 e. The molecule has 0 saturated heterocycles. The van der Waals surface area contributed by atoms with Crippen LogP contribution in [0, 0.1) is 6.92 Å². The van der Waals surface area contributed by atoms with Crippen molar-refractivity contribution in [3.63, 3.8) is 0 Å². The van der Waals surface area contributed by atoms with Crippen molar-refractivity contribution in [2.75, 3.05) is 11.1 Å². The third-order valence-corrected chi connectivity index (χ3v) is 4.41. The van der Waals surface area contributed by atoms with E-state index in [2.05, 4.69) is 20.7 Å². The van der Waals surface area contributed by atoms with Crippen LogP contribution in [0.25, 0.3) is 0 Å². The van der Waals surface area contributed by atoms with Crippen LogP contribution >= 0.6 is 23.1 Å². The molecule has 0 aliphatic rings. The molecule has 7 nitrogen and oxygen atoms in total. The number of amides is 1. The van der Waals surface area contributed by atoms with Crippen molar-refractivity contribution in [2.45, 2.75) is 29.9 Å². The Kier molecular flexibility index (Phi) is 4.38. The molecule has 102 valence electrons. The highest BCUT2D eigenvalue weighted by Crippen LogP contribution is 2.29. The van der Waals surface area contributed by atoms with E-state index in [-0.39, 0.29) is 11.2 Å². The maximum absolute atomic E-state index is 12.1. The highest BCUT2D eigenvalue weighted by atomic mass is 32.2. The number of carbonyl (C=O) groups excluding carboxylic acids is 1. The zero-order valence-electron chi connectivity index (χ0n) is 10.4. The lowest BCUT2D eigenvalue weighted by Crippen LogP contribution is -2.24. The first-order valence-electron chi connectivity index (χ1n) is 5.58. The number of anilines is 2. The molecule has 0 bridgehead atoms. The van der Waals surface area contributed by atoms with E-state index in [1.54, 1.807) is 13.0 Å². The first-order valence-corrected chi connectivity index (χ1v) is 7.28. The first-order chi connectivity index (χ1) is 9.08. The van der Waals surface area contributed by atoms with Crippen LogP contribution in [0.15, 0.2) is 14.9 Å². The summed E-state index contributed by atoms with van der Waals surface area (Å²) in [5.74, 6) is 0.917. The molecule has 2 heterocycles. The number of thioether (sulfide) groups is 1. The summed E-state index contributed by atoms with van der Waals surface area (Å²) in [7, 11) is 0. The molecular formula is C10H13N5O2S2. The molecule has 0 aliphatic carbocycles. The molecule has 0 spiro atoms. The van der Waals surface area contributed by atoms with E-state index in [1.165, 1.54) is 23.1 Å². The second kappa shape index (κ2) is 6.02. The minimum atomic E-state index is -0.274. The Morgan fingerprint density at radius 3 is 2.95 bits per heavy atom. The van der Waals surface area contributed by atoms with Crippen molar-refractivity contribution in [3.05, 3.63) is 11.8 Å². The van der Waals surface area contributed by atoms with Gasteiger partial charge in [0.1, 0.15) is 5.76 Å². The minimum Gasteiger partial charge on any atom is -0.374 e. The topological polar surface area (TPSA) is 107 Å². The van der Waals surface area contributed by atoms with E-state index in [4.69, 9.17) is 10.3 Å². The summed E-state index contributed by atoms with van der Waals surface area (Å²) in [6.07, 6.45) is 0.660. The fourth-order valence-corrected chi connectivity index (χ4v) is 3.15. The third kappa shape index (κ3) is 3.67. The average Bonchev–Trinajstić information content (AvgIpc) is 2.95. The van der Waals surface area contributed by atoms with Gasteiger partial charge in [0.15, 0.2) is 10.2 Å². The van der Waals surface area contributed by atoms with Gasteiger partial charge < -0.3 is 15.6 Å². The van der Waals surface area contributed by atoms with Gasteiger partial charge in [0.25, 0.3) is 0 Å². The highest BCUT2D eigenvalue weighted by Gasteiger charge is 2.21. The van der Waals surface area contributed by atoms with Crippen LogP contribution in [0.1, 0.15) is 19.1 Å². The van der Waals surface area contributed by atoms with E-state index >= 15 is 0 Å². The molecule has 2 aromatic heterocycles. The molecule has 19 heavy (non-hydrogen) atoms. The second-order valence-electron chi connectivity index (χ2n) is 3.73. The molecule has 3 N–H and O–H groups in total. The molecule has 2 aromatic rings. The normalized spacial score (nSPS) is 12.3. The van der Waals surface area contributed by atoms with E-state index in [9.17, 15) is 4.79 Å². The molecule has 0 fully saturated rings. The summed E-state index contributed by atoms with van der Waals surface area (Å²) in [6.45, 7) is 3.69. The molecule has 2 rings (SSSR count). The summed E-state index contributed by atoms with van der Waals surface area (Å²) in [5.41, 5.74) is 5.51. The number of hydrogen-bond acceptors (Lipinski definition) is 8. The summed E-state index contributed by atoms with van der Waals surface area (Å²) >= 11 is 2.60. The predicted octanol–water partition coefficient (Wildman–Crippen LogP) is 1.93. The number of rotatable bonds is 5. The molecular weight excluding hydrogens is 286 g/mol. The maximum atomic E-state index is 12.1. The molecule has 0 radical (unpaired) electrons. The van der Waals surface area contributed by atoms with Crippen molar-refractivity contribution in [1.82, 2.24) is 15.4 Å². The summed E-state index contributed by atoms with van der Waals surface area (Å²) in [5, 5.41) is 14.1. The van der Waals surface area contributed by atoms with Gasteiger partial charge in [-0.15, -0.1) is 10.2 Å². The van der Waals surface area contributed by atoms with Gasteiger partial charge in [-0.2, -0.15) is 0 Å². The number of nitrogens with one attached hydrogen (secondary N) is 1. The Bertz CT molecular complexity index is 568. The number of nitrogen functional groups attached to an aromatic ring is 1. The highest BCUT2D eigenvalue weighted by molar-refractivity contribution is 8.02. The third-order valence-electron chi connectivity index (χ3n) is 2.21. The van der Waals surface area contributed by atoms with Gasteiger partial charge >= 0.3 is 0 Å². The minimum absolute atomic E-state index is 0.144. The number of carbonyl (C=O) groups is 1. The Morgan fingerprint density at radius 1 is 1.63 bits per heavy atom. The van der Waals surface area contributed by atoms with Crippen LogP contribution in [0.5, 0.6) is 0 Å². The SMILES string of the molecule is CC[C@@H](Sc1nnc(N)s1)C(=O)Nc1cc(C)on1. The standard InChI is InChI=1S/C10H13N5O2S2/c1-3-6(18-10-14-13-9(11)19-10)8(16)12-7-4-5(2)17-15-7/h4,6H,3H2,1-2H3,(H2,11,13)(H,12,15,16)/t6-/m1/s1. The zero-order chi connectivity index (χ0) is 13.8. The lowest BCUT2D eigenvalue weighted by molar-refractivity contribution is -0.115. The lowest BCUT2D eigenvalue weighted by Gasteiger charge is -2.10. The molecule has 0 saturated carbocycles. The van der Waals surface area contributed by atoms with E-state index in [0.717, 1.165) is 0 Å². The smallest absolute Gasteiger partial charge is 0.239 e. The number of aromatic nitrogens is 3. The van der Waals surface area contributed by atoms with Crippen molar-refractivity contribution in [2.24, 2.45) is 0 Å². The molecule has 0 aliphatic heterocycles. The van der Waals surface area contributed by atoms with E-state index in [1.807, 2.05) is 6.92 Å². The monoisotopic (exact) mass is 299 g/mol. The van der Waals surface area contributed by atoms with Crippen LogP contribution in [-0.4, -0.2) is 26.5 Å². The Hall–Kier alpha value is -1.61. The quantitative estimate of drug-likeness (QED) is 0.812. The Morgan fingerprint density at radius 2 is 2.42 bits per heavy atom. The second-order valence-corrected chi connectivity index (χ2v) is 6.19. The van der Waals surface area contributed by atoms with Gasteiger partial charge in [0.2, 0.25) is 11.0 Å². The van der Waals surface area contributed by atoms with E-state index < -0.39 is 0 Å². The first kappa shape index (κ1) is 13.8. The molecule has 0 aromatic carbocycles. The van der Waals surface area contributed by atoms with Gasteiger partial charge in [-0.05, 0) is 13.3 Å². The van der Waals surface area contributed by atoms with Crippen molar-refractivity contribution in [1.29, 1.82) is 0 Å². The summed E-state index contributed by atoms with van der Waals surface area (Å²) < 4.78 is 5.57. The van der Waals surface area contributed by atoms with Gasteiger partial charge in [-0.25, -0.2) is 0 Å². The van der Waals surface area contributed by atoms with Gasteiger partial charge in [-0.3, -0.25) is 4.79 Å². The zero-order valence-corrected chi connectivity index (χ0v) is 12.0. The molecule has 9 heteroatoms. The number of aryl methyl sites for hydroxylation is 1. The van der Waals surface area contributed by atoms with Crippen LogP contribution < -0.4 is 11.1 Å². The van der Waals surface area contributed by atoms with Crippen LogP contribution in [-0.2, 0) is 4.79 Å². The van der Waals surface area contributed by atoms with Crippen molar-refractivity contribution >= 4 is 40.0 Å². The predicted molar refractivity (Wildman–Crippen MR) is 74.1 cm³/mol. The summed E-state index contributed by atoms with van der Waals surface area (Å²) in [4.78, 5) is 12.1. The lowest BCUT2D eigenvalue weighted by atomic mass is 10.3. The van der Waals surface area contributed by atoms with Gasteiger partial charge in [0, 0.05) is 6.07 Å². The van der Waals surface area contributed by atoms with Crippen LogP contribution in [0.4, 0.5) is 10.9 Å². The number of nitrogens with two attached hydrogens (primary N) is 1. The maximum Gasteiger partial charge on any atom is 0.239 e. The average molecular weight is 299 g/mol. The van der Waals surface area contributed by atoms with E-state index in [0.29, 0.717) is 27.5 Å². The van der Waals surface area contributed by atoms with Crippen LogP contribution in [0.3, 0.4) is 0 Å². The molecule has 1 amide bonds. The summed E-state index contributed by atoms with van der Waals surface area (Å²) in [6, 6.07) is 1.66. The van der Waals surface area contributed by atoms with Gasteiger partial charge in [-0.1, -0.05) is 35.2 Å². The Labute approximate surface area is 118 Å². The number of nitrogens with zero attached hydrogens (tertiary/aromatic N) is 3. The fraction of sp³-hybridized carbons (Fsp3) is 0.400. The van der Waals surface area contributed by atoms with Crippen molar-refractivity contribution < 1.29 is 9.32 Å². The molecule has 1 atom stereocenters. The Balaban J connectivity index is 1.98. The van der Waals surface area contributed by atoms with Crippen molar-refractivity contribution in [3.8, 4) is 0 Å². The van der Waals surface area contributed by atoms with Gasteiger partial charge in [0.05, 0.1) is 5.25 Å². The number of hydrogen-bond donors (Lipinski definition) is 2.